The van der Waals surface area contributed by atoms with E-state index in [4.69, 9.17) is 11.2 Å². The summed E-state index contributed by atoms with van der Waals surface area (Å²) < 4.78 is 12.4. The van der Waals surface area contributed by atoms with Gasteiger partial charge in [-0.15, -0.1) is 0 Å². The first-order valence-electron chi connectivity index (χ1n) is 5.62. The molecule has 2 N–H and O–H groups in total. The van der Waals surface area contributed by atoms with E-state index >= 15 is 0 Å². The first kappa shape index (κ1) is 9.89. The third-order valence-corrected chi connectivity index (χ3v) is 2.34. The molecule has 0 bridgehead atoms. The summed E-state index contributed by atoms with van der Waals surface area (Å²) in [5.74, 6) is -0.703. The van der Waals surface area contributed by atoms with Gasteiger partial charge in [-0.3, -0.25) is 0 Å². The van der Waals surface area contributed by atoms with Crippen molar-refractivity contribution in [3.05, 3.63) is 35.7 Å². The number of carboxylic acid groups (broad SMARTS) is 1. The predicted molar refractivity (Wildman–Crippen MR) is 62.3 cm³/mol. The molecule has 0 spiro atoms. The summed E-state index contributed by atoms with van der Waals surface area (Å²) in [6, 6.07) is 4.87. The van der Waals surface area contributed by atoms with Crippen molar-refractivity contribution in [3.63, 3.8) is 0 Å². The van der Waals surface area contributed by atoms with Crippen LogP contribution < -0.4 is 4.74 Å². The number of carboxylic acids is 1. The first-order valence-corrected chi connectivity index (χ1v) is 4.91. The highest BCUT2D eigenvalue weighted by molar-refractivity contribution is 5.96. The van der Waals surface area contributed by atoms with Gasteiger partial charge in [-0.05, 0) is 25.1 Å². The Morgan fingerprint density at radius 3 is 3.12 bits per heavy atom. The second kappa shape index (κ2) is 4.29. The molecule has 0 aliphatic heterocycles. The summed E-state index contributed by atoms with van der Waals surface area (Å²) in [5.41, 5.74) is 1.63. The van der Waals surface area contributed by atoms with Gasteiger partial charge in [-0.25, -0.2) is 9.78 Å². The number of aromatic amines is 1. The Labute approximate surface area is 99.5 Å². The molecular formula is C12H12N2O3. The molecule has 0 radical (unpaired) electrons. The number of nitrogens with one attached hydrogen (secondary N) is 1. The van der Waals surface area contributed by atoms with Gasteiger partial charge < -0.3 is 14.8 Å². The van der Waals surface area contributed by atoms with Crippen molar-refractivity contribution in [2.24, 2.45) is 0 Å². The normalized spacial score (nSPS) is 11.0. The Bertz CT molecular complexity index is 580. The van der Waals surface area contributed by atoms with Gasteiger partial charge in [0.25, 0.3) is 0 Å². The van der Waals surface area contributed by atoms with Gasteiger partial charge in [-0.2, -0.15) is 0 Å². The van der Waals surface area contributed by atoms with E-state index in [9.17, 15) is 4.79 Å². The highest BCUT2D eigenvalue weighted by Crippen LogP contribution is 2.30. The Morgan fingerprint density at radius 1 is 1.65 bits per heavy atom. The Hall–Kier alpha value is -2.30. The number of nitrogens with zero attached hydrogens (tertiary/aromatic N) is 1. The zero-order chi connectivity index (χ0) is 13.1. The molecule has 0 saturated carbocycles. The van der Waals surface area contributed by atoms with Gasteiger partial charge in [0, 0.05) is 13.3 Å². The molecule has 2 aromatic heterocycles. The van der Waals surface area contributed by atoms with E-state index < -0.39 is 5.97 Å². The van der Waals surface area contributed by atoms with Crippen LogP contribution in [0.3, 0.4) is 0 Å². The quantitative estimate of drug-likeness (QED) is 0.851. The molecule has 0 aliphatic rings. The molecule has 5 nitrogen and oxygen atoms in total. The molecule has 0 amide bonds. The molecule has 0 atom stereocenters. The van der Waals surface area contributed by atoms with Crippen LogP contribution in [0.2, 0.25) is 0 Å². The number of methoxy groups -OCH3 is 1. The molecule has 0 aromatic carbocycles. The van der Waals surface area contributed by atoms with Crippen LogP contribution in [0.1, 0.15) is 17.4 Å². The minimum Gasteiger partial charge on any atom is -0.481 e. The summed E-state index contributed by atoms with van der Waals surface area (Å²) in [7, 11) is 1.47. The fourth-order valence-corrected chi connectivity index (χ4v) is 1.64. The number of hydrogen-bond donors (Lipinski definition) is 2. The second-order valence-electron chi connectivity index (χ2n) is 3.45. The number of aromatic carboxylic acids is 1. The fraction of sp³-hybridized carbons (Fsp3) is 0.167. The zero-order valence-corrected chi connectivity index (χ0v) is 9.23. The molecule has 17 heavy (non-hydrogen) atoms. The number of aryl methyl sites for hydroxylation is 1. The zero-order valence-electron chi connectivity index (χ0n) is 10.2. The lowest BCUT2D eigenvalue weighted by atomic mass is 10.1. The first-order chi connectivity index (χ1) is 8.67. The van der Waals surface area contributed by atoms with Crippen LogP contribution in [0, 0.1) is 6.90 Å². The summed E-state index contributed by atoms with van der Waals surface area (Å²) in [4.78, 5) is 18.1. The van der Waals surface area contributed by atoms with E-state index in [0.29, 0.717) is 22.8 Å². The lowest BCUT2D eigenvalue weighted by Gasteiger charge is -2.06. The summed E-state index contributed by atoms with van der Waals surface area (Å²) >= 11 is 0. The third kappa shape index (κ3) is 1.99. The summed E-state index contributed by atoms with van der Waals surface area (Å²) in [5, 5.41) is 9.16. The van der Waals surface area contributed by atoms with Crippen LogP contribution in [-0.2, 0) is 0 Å². The second-order valence-corrected chi connectivity index (χ2v) is 3.45. The smallest absolute Gasteiger partial charge is 0.337 e. The van der Waals surface area contributed by atoms with Crippen molar-refractivity contribution >= 4 is 5.97 Å². The number of rotatable bonds is 3. The summed E-state index contributed by atoms with van der Waals surface area (Å²) in [6.45, 7) is -0.0111. The molecule has 0 saturated heterocycles. The van der Waals surface area contributed by atoms with Crippen molar-refractivity contribution < 1.29 is 16.0 Å². The average molecular weight is 233 g/mol. The number of ether oxygens (including phenoxy) is 1. The van der Waals surface area contributed by atoms with Crippen molar-refractivity contribution in [1.82, 2.24) is 9.97 Å². The van der Waals surface area contributed by atoms with E-state index in [1.807, 2.05) is 0 Å². The number of aromatic nitrogens is 2. The van der Waals surface area contributed by atoms with Gasteiger partial charge in [0.1, 0.15) is 0 Å². The monoisotopic (exact) mass is 233 g/mol. The van der Waals surface area contributed by atoms with Crippen molar-refractivity contribution in [2.45, 2.75) is 6.90 Å². The molecule has 88 valence electrons. The minimum atomic E-state index is -1.05. The van der Waals surface area contributed by atoms with E-state index in [2.05, 4.69) is 9.97 Å². The molecule has 5 heteroatoms. The molecular weight excluding hydrogens is 220 g/mol. The molecule has 0 aliphatic carbocycles. The number of carbonyl (C=O) groups is 1. The maximum absolute atomic E-state index is 11.2. The maximum Gasteiger partial charge on any atom is 0.337 e. The van der Waals surface area contributed by atoms with Crippen LogP contribution in [0.15, 0.2) is 24.4 Å². The SMILES string of the molecule is [2H]Cc1cc(C(=O)O)c(-c2cccnc2OC)[nH]1. The van der Waals surface area contributed by atoms with Crippen LogP contribution >= 0.6 is 0 Å². The van der Waals surface area contributed by atoms with E-state index in [1.165, 1.54) is 13.2 Å². The Morgan fingerprint density at radius 2 is 2.47 bits per heavy atom. The molecule has 2 rings (SSSR count). The minimum absolute atomic E-state index is 0.0111. The van der Waals surface area contributed by atoms with E-state index in [1.54, 1.807) is 18.3 Å². The molecule has 2 aromatic rings. The van der Waals surface area contributed by atoms with E-state index in [-0.39, 0.29) is 12.5 Å². The molecule has 0 unspecified atom stereocenters. The Kier molecular flexibility index (Phi) is 2.50. The van der Waals surface area contributed by atoms with Crippen molar-refractivity contribution in [3.8, 4) is 17.1 Å². The largest absolute Gasteiger partial charge is 0.481 e. The van der Waals surface area contributed by atoms with Crippen LogP contribution in [0.5, 0.6) is 5.88 Å². The lowest BCUT2D eigenvalue weighted by molar-refractivity contribution is 0.0698. The molecule has 0 fully saturated rings. The Balaban J connectivity index is 2.62. The van der Waals surface area contributed by atoms with Crippen molar-refractivity contribution in [1.29, 1.82) is 0 Å². The standard InChI is InChI=1S/C12H12N2O3/c1-7-6-9(12(15)16)10(14-7)8-4-3-5-13-11(8)17-2/h3-6,14H,1-2H3,(H,15,16)/i1D. The summed E-state index contributed by atoms with van der Waals surface area (Å²) in [6.07, 6.45) is 1.57. The van der Waals surface area contributed by atoms with E-state index in [0.717, 1.165) is 0 Å². The van der Waals surface area contributed by atoms with Crippen molar-refractivity contribution in [2.75, 3.05) is 7.11 Å². The maximum atomic E-state index is 11.2. The van der Waals surface area contributed by atoms with Crippen LogP contribution in [0.25, 0.3) is 11.3 Å². The van der Waals surface area contributed by atoms with Gasteiger partial charge >= 0.3 is 5.97 Å². The predicted octanol–water partition coefficient (Wildman–Crippen LogP) is 2.09. The van der Waals surface area contributed by atoms with Gasteiger partial charge in [0.2, 0.25) is 5.88 Å². The molecule has 2 heterocycles. The lowest BCUT2D eigenvalue weighted by Crippen LogP contribution is -1.98. The number of H-pyrrole nitrogens is 1. The highest BCUT2D eigenvalue weighted by Gasteiger charge is 2.17. The highest BCUT2D eigenvalue weighted by atomic mass is 16.5. The number of hydrogen-bond acceptors (Lipinski definition) is 3. The van der Waals surface area contributed by atoms with Crippen LogP contribution in [0.4, 0.5) is 0 Å². The third-order valence-electron chi connectivity index (χ3n) is 2.34. The van der Waals surface area contributed by atoms with Gasteiger partial charge in [0.15, 0.2) is 0 Å². The number of pyridine rings is 1. The van der Waals surface area contributed by atoms with Gasteiger partial charge in [0.05, 0.1) is 23.9 Å². The van der Waals surface area contributed by atoms with Gasteiger partial charge in [-0.1, -0.05) is 0 Å². The average Bonchev–Trinajstić information content (AvgIpc) is 2.83. The fourth-order valence-electron chi connectivity index (χ4n) is 1.64. The van der Waals surface area contributed by atoms with Crippen LogP contribution in [-0.4, -0.2) is 28.2 Å². The topological polar surface area (TPSA) is 75.2 Å².